The van der Waals surface area contributed by atoms with Gasteiger partial charge >= 0.3 is 0 Å². The number of likely N-dealkylation sites (tertiary alicyclic amines) is 1. The van der Waals surface area contributed by atoms with Crippen molar-refractivity contribution in [3.8, 4) is 0 Å². The Labute approximate surface area is 115 Å². The molecular formula is C15H26N2O2. The maximum absolute atomic E-state index is 12.2. The van der Waals surface area contributed by atoms with Crippen molar-refractivity contribution in [2.75, 3.05) is 26.2 Å². The zero-order valence-corrected chi connectivity index (χ0v) is 11.8. The Balaban J connectivity index is 1.42. The lowest BCUT2D eigenvalue weighted by Gasteiger charge is -2.35. The molecule has 1 amide bonds. The number of amides is 1. The standard InChI is InChI=1S/C15H26N2O2/c18-15(11-13-3-2-10-19-13)17-8-5-12(6-9-17)14-4-1-7-16-14/h12-14,16H,1-11H2. The Hall–Kier alpha value is -0.610. The molecule has 0 aromatic heterocycles. The maximum atomic E-state index is 12.2. The Kier molecular flexibility index (Phi) is 4.38. The third-order valence-corrected chi connectivity index (χ3v) is 4.99. The third kappa shape index (κ3) is 3.29. The molecule has 3 fully saturated rings. The second-order valence-corrected chi connectivity index (χ2v) is 6.26. The van der Waals surface area contributed by atoms with Gasteiger partial charge in [-0.15, -0.1) is 0 Å². The third-order valence-electron chi connectivity index (χ3n) is 4.99. The van der Waals surface area contributed by atoms with Crippen LogP contribution in [0, 0.1) is 5.92 Å². The Morgan fingerprint density at radius 3 is 2.63 bits per heavy atom. The normalized spacial score (nSPS) is 32.9. The van der Waals surface area contributed by atoms with Crippen molar-refractivity contribution in [2.45, 2.75) is 57.1 Å². The van der Waals surface area contributed by atoms with E-state index in [2.05, 4.69) is 10.2 Å². The quantitative estimate of drug-likeness (QED) is 0.842. The first-order valence-electron chi connectivity index (χ1n) is 7.95. The van der Waals surface area contributed by atoms with Crippen LogP contribution in [0.25, 0.3) is 0 Å². The van der Waals surface area contributed by atoms with Crippen molar-refractivity contribution in [3.63, 3.8) is 0 Å². The van der Waals surface area contributed by atoms with E-state index < -0.39 is 0 Å². The summed E-state index contributed by atoms with van der Waals surface area (Å²) < 4.78 is 5.56. The highest BCUT2D eigenvalue weighted by atomic mass is 16.5. The summed E-state index contributed by atoms with van der Waals surface area (Å²) in [5, 5.41) is 3.61. The van der Waals surface area contributed by atoms with Gasteiger partial charge in [0.1, 0.15) is 0 Å². The van der Waals surface area contributed by atoms with Crippen LogP contribution in [0.3, 0.4) is 0 Å². The van der Waals surface area contributed by atoms with Crippen molar-refractivity contribution in [2.24, 2.45) is 5.92 Å². The lowest BCUT2D eigenvalue weighted by atomic mass is 9.88. The molecule has 0 radical (unpaired) electrons. The number of rotatable bonds is 3. The van der Waals surface area contributed by atoms with Crippen LogP contribution in [0.15, 0.2) is 0 Å². The van der Waals surface area contributed by atoms with Gasteiger partial charge in [0.15, 0.2) is 0 Å². The van der Waals surface area contributed by atoms with Gasteiger partial charge in [0.2, 0.25) is 5.91 Å². The van der Waals surface area contributed by atoms with Crippen LogP contribution in [0.2, 0.25) is 0 Å². The zero-order valence-electron chi connectivity index (χ0n) is 11.8. The molecule has 0 bridgehead atoms. The van der Waals surface area contributed by atoms with E-state index in [1.54, 1.807) is 0 Å². The molecule has 0 aromatic carbocycles. The topological polar surface area (TPSA) is 41.6 Å². The van der Waals surface area contributed by atoms with Gasteiger partial charge in [-0.1, -0.05) is 0 Å². The van der Waals surface area contributed by atoms with Gasteiger partial charge in [0.05, 0.1) is 12.5 Å². The molecule has 4 nitrogen and oxygen atoms in total. The molecule has 3 saturated heterocycles. The second kappa shape index (κ2) is 6.23. The van der Waals surface area contributed by atoms with Gasteiger partial charge in [-0.25, -0.2) is 0 Å². The SMILES string of the molecule is O=C(CC1CCCO1)N1CCC(C2CCCN2)CC1. The van der Waals surface area contributed by atoms with Gasteiger partial charge in [-0.2, -0.15) is 0 Å². The first-order chi connectivity index (χ1) is 9.33. The highest BCUT2D eigenvalue weighted by Crippen LogP contribution is 2.26. The zero-order chi connectivity index (χ0) is 13.1. The molecule has 3 heterocycles. The minimum Gasteiger partial charge on any atom is -0.378 e. The summed E-state index contributed by atoms with van der Waals surface area (Å²) in [7, 11) is 0. The molecule has 0 aromatic rings. The molecule has 1 N–H and O–H groups in total. The van der Waals surface area contributed by atoms with Crippen molar-refractivity contribution < 1.29 is 9.53 Å². The van der Waals surface area contributed by atoms with Crippen LogP contribution in [0.5, 0.6) is 0 Å². The molecular weight excluding hydrogens is 240 g/mol. The summed E-state index contributed by atoms with van der Waals surface area (Å²) >= 11 is 0. The fraction of sp³-hybridized carbons (Fsp3) is 0.933. The van der Waals surface area contributed by atoms with E-state index in [1.807, 2.05) is 0 Å². The number of ether oxygens (including phenoxy) is 1. The molecule has 19 heavy (non-hydrogen) atoms. The highest BCUT2D eigenvalue weighted by Gasteiger charge is 2.30. The summed E-state index contributed by atoms with van der Waals surface area (Å²) in [6.45, 7) is 3.93. The number of hydrogen-bond donors (Lipinski definition) is 1. The van der Waals surface area contributed by atoms with Crippen LogP contribution in [-0.2, 0) is 9.53 Å². The predicted molar refractivity (Wildman–Crippen MR) is 73.9 cm³/mol. The van der Waals surface area contributed by atoms with Crippen LogP contribution in [-0.4, -0.2) is 49.2 Å². The minimum atomic E-state index is 0.196. The molecule has 0 aliphatic carbocycles. The van der Waals surface area contributed by atoms with E-state index in [1.165, 1.54) is 32.2 Å². The van der Waals surface area contributed by atoms with Crippen molar-refractivity contribution in [1.82, 2.24) is 10.2 Å². The van der Waals surface area contributed by atoms with Crippen LogP contribution < -0.4 is 5.32 Å². The van der Waals surface area contributed by atoms with E-state index in [0.717, 1.165) is 44.5 Å². The Morgan fingerprint density at radius 2 is 2.00 bits per heavy atom. The smallest absolute Gasteiger partial charge is 0.225 e. The molecule has 0 spiro atoms. The van der Waals surface area contributed by atoms with Crippen LogP contribution >= 0.6 is 0 Å². The largest absolute Gasteiger partial charge is 0.378 e. The molecule has 3 rings (SSSR count). The van der Waals surface area contributed by atoms with Gasteiger partial charge in [0, 0.05) is 25.7 Å². The highest BCUT2D eigenvalue weighted by molar-refractivity contribution is 5.76. The van der Waals surface area contributed by atoms with E-state index in [4.69, 9.17) is 4.74 Å². The average molecular weight is 266 g/mol. The number of nitrogens with one attached hydrogen (secondary N) is 1. The molecule has 3 aliphatic heterocycles. The van der Waals surface area contributed by atoms with E-state index in [-0.39, 0.29) is 6.10 Å². The number of carbonyl (C=O) groups excluding carboxylic acids is 1. The minimum absolute atomic E-state index is 0.196. The summed E-state index contributed by atoms with van der Waals surface area (Å²) in [4.78, 5) is 14.3. The Morgan fingerprint density at radius 1 is 1.16 bits per heavy atom. The second-order valence-electron chi connectivity index (χ2n) is 6.26. The first-order valence-corrected chi connectivity index (χ1v) is 7.95. The molecule has 0 saturated carbocycles. The number of carbonyl (C=O) groups is 1. The maximum Gasteiger partial charge on any atom is 0.225 e. The fourth-order valence-corrected chi connectivity index (χ4v) is 3.79. The molecule has 4 heteroatoms. The average Bonchev–Trinajstić information content (AvgIpc) is 3.12. The van der Waals surface area contributed by atoms with Crippen molar-refractivity contribution in [3.05, 3.63) is 0 Å². The molecule has 2 atom stereocenters. The lowest BCUT2D eigenvalue weighted by molar-refractivity contribution is -0.135. The predicted octanol–water partition coefficient (Wildman–Crippen LogP) is 1.55. The Bertz CT molecular complexity index is 301. The summed E-state index contributed by atoms with van der Waals surface area (Å²) in [5.41, 5.74) is 0. The molecule has 108 valence electrons. The number of hydrogen-bond acceptors (Lipinski definition) is 3. The van der Waals surface area contributed by atoms with Crippen LogP contribution in [0.4, 0.5) is 0 Å². The monoisotopic (exact) mass is 266 g/mol. The van der Waals surface area contributed by atoms with Crippen molar-refractivity contribution >= 4 is 5.91 Å². The van der Waals surface area contributed by atoms with Gasteiger partial charge < -0.3 is 15.0 Å². The molecule has 3 aliphatic rings. The number of nitrogens with zero attached hydrogens (tertiary/aromatic N) is 1. The van der Waals surface area contributed by atoms with Gasteiger partial charge in [-0.05, 0) is 51.0 Å². The summed E-state index contributed by atoms with van der Waals surface area (Å²) in [6.07, 6.45) is 7.98. The fourth-order valence-electron chi connectivity index (χ4n) is 3.79. The number of piperidine rings is 1. The summed E-state index contributed by atoms with van der Waals surface area (Å²) in [6, 6.07) is 0.718. The van der Waals surface area contributed by atoms with Gasteiger partial charge in [-0.3, -0.25) is 4.79 Å². The van der Waals surface area contributed by atoms with Crippen LogP contribution in [0.1, 0.15) is 44.9 Å². The first kappa shape index (κ1) is 13.4. The molecule has 2 unspecified atom stereocenters. The van der Waals surface area contributed by atoms with Gasteiger partial charge in [0.25, 0.3) is 0 Å². The van der Waals surface area contributed by atoms with Crippen molar-refractivity contribution in [1.29, 1.82) is 0 Å². The lowest BCUT2D eigenvalue weighted by Crippen LogP contribution is -2.44. The summed E-state index contributed by atoms with van der Waals surface area (Å²) in [5.74, 6) is 1.10. The van der Waals surface area contributed by atoms with E-state index in [9.17, 15) is 4.79 Å². The van der Waals surface area contributed by atoms with E-state index >= 15 is 0 Å². The van der Waals surface area contributed by atoms with E-state index in [0.29, 0.717) is 12.3 Å².